The highest BCUT2D eigenvalue weighted by molar-refractivity contribution is 8.00. The summed E-state index contributed by atoms with van der Waals surface area (Å²) in [6, 6.07) is 0. The summed E-state index contributed by atoms with van der Waals surface area (Å²) < 4.78 is 0.223. The van der Waals surface area contributed by atoms with E-state index in [4.69, 9.17) is 0 Å². The van der Waals surface area contributed by atoms with Crippen molar-refractivity contribution in [2.45, 2.75) is 49.7 Å². The second-order valence-electron chi connectivity index (χ2n) is 6.21. The molecule has 0 aromatic heterocycles. The molecule has 1 amide bonds. The van der Waals surface area contributed by atoms with Crippen molar-refractivity contribution in [3.8, 4) is 0 Å². The van der Waals surface area contributed by atoms with E-state index < -0.39 is 11.4 Å². The summed E-state index contributed by atoms with van der Waals surface area (Å²) in [6.07, 6.45) is 7.21. The summed E-state index contributed by atoms with van der Waals surface area (Å²) in [7, 11) is 0. The Morgan fingerprint density at radius 3 is 2.32 bits per heavy atom. The zero-order valence-corrected chi connectivity index (χ0v) is 12.0. The molecule has 106 valence electrons. The second-order valence-corrected chi connectivity index (χ2v) is 7.77. The first-order valence-electron chi connectivity index (χ1n) is 7.25. The van der Waals surface area contributed by atoms with Crippen LogP contribution in [0.4, 0.5) is 0 Å². The fourth-order valence-electron chi connectivity index (χ4n) is 3.46. The van der Waals surface area contributed by atoms with Gasteiger partial charge >= 0.3 is 5.97 Å². The molecule has 1 heterocycles. The van der Waals surface area contributed by atoms with Gasteiger partial charge in [-0.3, -0.25) is 9.59 Å². The Bertz CT molecular complexity index is 394. The minimum Gasteiger partial charge on any atom is -0.480 e. The molecular formula is C14H21NO3S. The quantitative estimate of drug-likeness (QED) is 0.789. The van der Waals surface area contributed by atoms with Gasteiger partial charge in [0.05, 0.1) is 0 Å². The third kappa shape index (κ3) is 2.26. The molecule has 0 aromatic rings. The number of hydrogen-bond donors (Lipinski definition) is 1. The van der Waals surface area contributed by atoms with Crippen LogP contribution >= 0.6 is 11.8 Å². The minimum atomic E-state index is -1.06. The van der Waals surface area contributed by atoms with Gasteiger partial charge in [-0.25, -0.2) is 0 Å². The van der Waals surface area contributed by atoms with Crippen LogP contribution in [0.1, 0.15) is 44.9 Å². The van der Waals surface area contributed by atoms with Crippen molar-refractivity contribution in [3.63, 3.8) is 0 Å². The van der Waals surface area contributed by atoms with Gasteiger partial charge in [-0.15, -0.1) is 0 Å². The average Bonchev–Trinajstić information content (AvgIpc) is 3.20. The first-order chi connectivity index (χ1) is 9.08. The Labute approximate surface area is 117 Å². The van der Waals surface area contributed by atoms with E-state index in [-0.39, 0.29) is 10.7 Å². The van der Waals surface area contributed by atoms with E-state index in [1.807, 2.05) is 16.7 Å². The third-order valence-electron chi connectivity index (χ3n) is 4.87. The highest BCUT2D eigenvalue weighted by Gasteiger charge is 2.59. The van der Waals surface area contributed by atoms with Crippen molar-refractivity contribution < 1.29 is 14.7 Å². The molecule has 3 fully saturated rings. The van der Waals surface area contributed by atoms with E-state index in [9.17, 15) is 14.7 Å². The van der Waals surface area contributed by atoms with Crippen LogP contribution < -0.4 is 0 Å². The molecule has 2 aliphatic carbocycles. The lowest BCUT2D eigenvalue weighted by Crippen LogP contribution is -2.52. The number of aliphatic carboxylic acids is 1. The number of thioether (sulfide) groups is 1. The molecule has 0 aromatic carbocycles. The summed E-state index contributed by atoms with van der Waals surface area (Å²) in [5, 5.41) is 9.25. The van der Waals surface area contributed by atoms with Crippen LogP contribution in [0.5, 0.6) is 0 Å². The van der Waals surface area contributed by atoms with E-state index in [1.165, 1.54) is 32.1 Å². The first-order valence-corrected chi connectivity index (χ1v) is 8.23. The van der Waals surface area contributed by atoms with Gasteiger partial charge in [0.15, 0.2) is 0 Å². The molecule has 1 N–H and O–H groups in total. The van der Waals surface area contributed by atoms with Gasteiger partial charge in [-0.1, -0.05) is 19.3 Å². The number of amides is 1. The van der Waals surface area contributed by atoms with Crippen molar-refractivity contribution in [1.29, 1.82) is 0 Å². The number of nitrogens with zero attached hydrogens (tertiary/aromatic N) is 1. The second kappa shape index (κ2) is 4.69. The van der Waals surface area contributed by atoms with Gasteiger partial charge in [0.1, 0.15) is 5.41 Å². The highest BCUT2D eigenvalue weighted by Crippen LogP contribution is 2.49. The molecule has 0 bridgehead atoms. The summed E-state index contributed by atoms with van der Waals surface area (Å²) >= 11 is 2.01. The zero-order valence-electron chi connectivity index (χ0n) is 11.2. The lowest BCUT2D eigenvalue weighted by molar-refractivity contribution is -0.153. The first kappa shape index (κ1) is 13.3. The summed E-state index contributed by atoms with van der Waals surface area (Å²) in [6.45, 7) is 1.49. The molecule has 1 spiro atoms. The van der Waals surface area contributed by atoms with Crippen molar-refractivity contribution in [1.82, 2.24) is 4.90 Å². The van der Waals surface area contributed by atoms with Crippen LogP contribution in [0.15, 0.2) is 0 Å². The molecule has 0 unspecified atom stereocenters. The molecule has 19 heavy (non-hydrogen) atoms. The summed E-state index contributed by atoms with van der Waals surface area (Å²) in [4.78, 5) is 25.6. The molecule has 3 rings (SSSR count). The van der Waals surface area contributed by atoms with Crippen LogP contribution in [0.2, 0.25) is 0 Å². The van der Waals surface area contributed by atoms with E-state index in [2.05, 4.69) is 0 Å². The highest BCUT2D eigenvalue weighted by atomic mass is 32.2. The van der Waals surface area contributed by atoms with Gasteiger partial charge in [0, 0.05) is 23.6 Å². The molecule has 0 atom stereocenters. The molecule has 3 aliphatic rings. The van der Waals surface area contributed by atoms with Gasteiger partial charge in [-0.05, 0) is 25.7 Å². The maximum absolute atomic E-state index is 12.5. The Hall–Kier alpha value is -0.710. The Morgan fingerprint density at radius 1 is 1.05 bits per heavy atom. The lowest BCUT2D eigenvalue weighted by atomic mass is 9.87. The fourth-order valence-corrected chi connectivity index (χ4v) is 5.03. The Morgan fingerprint density at radius 2 is 1.74 bits per heavy atom. The van der Waals surface area contributed by atoms with Crippen molar-refractivity contribution >= 4 is 23.6 Å². The van der Waals surface area contributed by atoms with Crippen molar-refractivity contribution in [2.75, 3.05) is 18.8 Å². The SMILES string of the molecule is O=C(O)C1(C(=O)N2CCSC3(CCCCC3)C2)CC1. The summed E-state index contributed by atoms with van der Waals surface area (Å²) in [5.41, 5.74) is -1.06. The van der Waals surface area contributed by atoms with E-state index in [1.54, 1.807) is 0 Å². The Balaban J connectivity index is 1.71. The number of carboxylic acids is 1. The Kier molecular flexibility index (Phi) is 3.28. The van der Waals surface area contributed by atoms with Crippen LogP contribution in [0.3, 0.4) is 0 Å². The minimum absolute atomic E-state index is 0.120. The molecule has 4 nitrogen and oxygen atoms in total. The number of carbonyl (C=O) groups is 2. The molecule has 1 saturated heterocycles. The lowest BCUT2D eigenvalue weighted by Gasteiger charge is -2.45. The van der Waals surface area contributed by atoms with E-state index in [0.717, 1.165) is 18.8 Å². The van der Waals surface area contributed by atoms with Gasteiger partial charge in [0.25, 0.3) is 0 Å². The van der Waals surface area contributed by atoms with Crippen LogP contribution in [0, 0.1) is 5.41 Å². The third-order valence-corrected chi connectivity index (χ3v) is 6.41. The normalized spacial score (nSPS) is 28.1. The monoisotopic (exact) mass is 283 g/mol. The summed E-state index contributed by atoms with van der Waals surface area (Å²) in [5.74, 6) is -0.0831. The molecular weight excluding hydrogens is 262 g/mol. The number of rotatable bonds is 2. The van der Waals surface area contributed by atoms with E-state index in [0.29, 0.717) is 12.8 Å². The maximum Gasteiger partial charge on any atom is 0.319 e. The molecule has 5 heteroatoms. The standard InChI is InChI=1S/C14H21NO3S/c16-11(14(6-7-14)12(17)18)15-8-9-19-13(10-15)4-2-1-3-5-13/h1-10H2,(H,17,18). The van der Waals surface area contributed by atoms with Crippen LogP contribution in [-0.2, 0) is 9.59 Å². The molecule has 2 saturated carbocycles. The van der Waals surface area contributed by atoms with Gasteiger partial charge in [-0.2, -0.15) is 11.8 Å². The molecule has 0 radical (unpaired) electrons. The maximum atomic E-state index is 12.5. The largest absolute Gasteiger partial charge is 0.480 e. The van der Waals surface area contributed by atoms with Gasteiger partial charge < -0.3 is 10.0 Å². The average molecular weight is 283 g/mol. The van der Waals surface area contributed by atoms with Gasteiger partial charge in [0.2, 0.25) is 5.91 Å². The van der Waals surface area contributed by atoms with E-state index >= 15 is 0 Å². The molecule has 1 aliphatic heterocycles. The van der Waals surface area contributed by atoms with Crippen molar-refractivity contribution in [2.24, 2.45) is 5.41 Å². The predicted octanol–water partition coefficient (Wildman–Crippen LogP) is 2.13. The number of carboxylic acid groups (broad SMARTS) is 1. The topological polar surface area (TPSA) is 57.6 Å². The van der Waals surface area contributed by atoms with Crippen molar-refractivity contribution in [3.05, 3.63) is 0 Å². The number of carbonyl (C=O) groups excluding carboxylic acids is 1. The van der Waals surface area contributed by atoms with Crippen LogP contribution in [0.25, 0.3) is 0 Å². The number of hydrogen-bond acceptors (Lipinski definition) is 3. The predicted molar refractivity (Wildman–Crippen MR) is 74.2 cm³/mol. The zero-order chi connectivity index (χ0) is 13.5. The fraction of sp³-hybridized carbons (Fsp3) is 0.857. The van der Waals surface area contributed by atoms with Crippen LogP contribution in [-0.4, -0.2) is 45.5 Å². The smallest absolute Gasteiger partial charge is 0.319 e.